The molecule has 2 rings (SSSR count). The summed E-state index contributed by atoms with van der Waals surface area (Å²) in [5.41, 5.74) is 7.01. The lowest BCUT2D eigenvalue weighted by molar-refractivity contribution is 0.592. The number of nitrogens with two attached hydrogens (primary N) is 1. The third-order valence-corrected chi connectivity index (χ3v) is 5.75. The Morgan fingerprint density at radius 2 is 2.11 bits per heavy atom. The quantitative estimate of drug-likeness (QED) is 0.907. The third-order valence-electron chi connectivity index (χ3n) is 2.60. The van der Waals surface area contributed by atoms with Crippen molar-refractivity contribution in [1.29, 1.82) is 0 Å². The van der Waals surface area contributed by atoms with E-state index in [-0.39, 0.29) is 5.54 Å². The summed E-state index contributed by atoms with van der Waals surface area (Å²) in [7, 11) is 0. The second kappa shape index (κ2) is 5.68. The standard InChI is InChI=1S/C14H20N2S2/c1-4-11-13(17-9-14(2,3)15)16-10-7-5-6-8-12(10)18-11/h5-8,11H,4,9,15H2,1-3H3. The average molecular weight is 280 g/mol. The Balaban J connectivity index is 2.19. The Kier molecular flexibility index (Phi) is 4.41. The number of thioether (sulfide) groups is 2. The van der Waals surface area contributed by atoms with E-state index < -0.39 is 0 Å². The van der Waals surface area contributed by atoms with Crippen molar-refractivity contribution in [3.63, 3.8) is 0 Å². The normalized spacial score (nSPS) is 19.3. The van der Waals surface area contributed by atoms with E-state index in [1.807, 2.05) is 17.8 Å². The van der Waals surface area contributed by atoms with Crippen LogP contribution < -0.4 is 5.73 Å². The lowest BCUT2D eigenvalue weighted by Crippen LogP contribution is -2.35. The molecule has 0 aliphatic carbocycles. The second-order valence-electron chi connectivity index (χ2n) is 5.21. The molecule has 98 valence electrons. The molecule has 0 fully saturated rings. The van der Waals surface area contributed by atoms with Gasteiger partial charge in [0.25, 0.3) is 0 Å². The van der Waals surface area contributed by atoms with Crippen molar-refractivity contribution in [1.82, 2.24) is 0 Å². The summed E-state index contributed by atoms with van der Waals surface area (Å²) in [6.45, 7) is 6.34. The molecule has 0 spiro atoms. The van der Waals surface area contributed by atoms with Crippen LogP contribution in [-0.4, -0.2) is 21.6 Å². The van der Waals surface area contributed by atoms with Crippen molar-refractivity contribution in [3.05, 3.63) is 24.3 Å². The largest absolute Gasteiger partial charge is 0.325 e. The van der Waals surface area contributed by atoms with E-state index in [9.17, 15) is 0 Å². The van der Waals surface area contributed by atoms with Crippen LogP contribution in [0.2, 0.25) is 0 Å². The number of rotatable bonds is 3. The zero-order valence-electron chi connectivity index (χ0n) is 11.1. The van der Waals surface area contributed by atoms with Gasteiger partial charge in [-0.1, -0.05) is 19.1 Å². The molecule has 1 aromatic rings. The first-order valence-corrected chi connectivity index (χ1v) is 8.12. The topological polar surface area (TPSA) is 38.4 Å². The van der Waals surface area contributed by atoms with Crippen LogP contribution in [0.5, 0.6) is 0 Å². The minimum absolute atomic E-state index is 0.146. The van der Waals surface area contributed by atoms with E-state index in [4.69, 9.17) is 10.7 Å². The molecular formula is C14H20N2S2. The number of hydrogen-bond acceptors (Lipinski definition) is 4. The number of para-hydroxylation sites is 1. The van der Waals surface area contributed by atoms with E-state index >= 15 is 0 Å². The summed E-state index contributed by atoms with van der Waals surface area (Å²) >= 11 is 3.73. The zero-order valence-corrected chi connectivity index (χ0v) is 12.8. The van der Waals surface area contributed by atoms with Crippen molar-refractivity contribution < 1.29 is 0 Å². The van der Waals surface area contributed by atoms with Crippen LogP contribution in [0.15, 0.2) is 34.2 Å². The molecule has 1 aromatic carbocycles. The van der Waals surface area contributed by atoms with Gasteiger partial charge in [0, 0.05) is 16.2 Å². The second-order valence-corrected chi connectivity index (χ2v) is 7.45. The Hall–Kier alpha value is -0.450. The van der Waals surface area contributed by atoms with Gasteiger partial charge in [0.1, 0.15) is 0 Å². The fraction of sp³-hybridized carbons (Fsp3) is 0.500. The van der Waals surface area contributed by atoms with Crippen molar-refractivity contribution in [2.24, 2.45) is 10.7 Å². The molecule has 1 heterocycles. The first-order valence-electron chi connectivity index (χ1n) is 6.25. The molecular weight excluding hydrogens is 260 g/mol. The summed E-state index contributed by atoms with van der Waals surface area (Å²) in [5, 5.41) is 1.70. The average Bonchev–Trinajstić information content (AvgIpc) is 2.34. The number of nitrogens with zero attached hydrogens (tertiary/aromatic N) is 1. The van der Waals surface area contributed by atoms with Gasteiger partial charge in [0.15, 0.2) is 0 Å². The third kappa shape index (κ3) is 3.53. The van der Waals surface area contributed by atoms with Crippen LogP contribution in [0.25, 0.3) is 0 Å². The molecule has 1 aliphatic heterocycles. The van der Waals surface area contributed by atoms with E-state index in [1.54, 1.807) is 11.8 Å². The number of benzene rings is 1. The van der Waals surface area contributed by atoms with Crippen LogP contribution in [-0.2, 0) is 0 Å². The minimum Gasteiger partial charge on any atom is -0.325 e. The molecule has 1 aliphatic rings. The Bertz CT molecular complexity index is 449. The summed E-state index contributed by atoms with van der Waals surface area (Å²) in [4.78, 5) is 6.10. The molecule has 0 aromatic heterocycles. The van der Waals surface area contributed by atoms with E-state index in [0.717, 1.165) is 17.9 Å². The molecule has 18 heavy (non-hydrogen) atoms. The molecule has 2 nitrogen and oxygen atoms in total. The van der Waals surface area contributed by atoms with Crippen LogP contribution in [0.4, 0.5) is 5.69 Å². The summed E-state index contributed by atoms with van der Waals surface area (Å²) in [6, 6.07) is 8.36. The SMILES string of the molecule is CCC1Sc2ccccc2N=C1SCC(C)(C)N. The van der Waals surface area contributed by atoms with Crippen LogP contribution in [0.3, 0.4) is 0 Å². The van der Waals surface area contributed by atoms with Crippen molar-refractivity contribution in [2.75, 3.05) is 5.75 Å². The Morgan fingerprint density at radius 3 is 2.78 bits per heavy atom. The molecule has 0 saturated carbocycles. The number of aliphatic imine (C=N–C) groups is 1. The maximum absolute atomic E-state index is 6.05. The van der Waals surface area contributed by atoms with Gasteiger partial charge < -0.3 is 5.73 Å². The van der Waals surface area contributed by atoms with Gasteiger partial charge in [-0.15, -0.1) is 23.5 Å². The predicted molar refractivity (Wildman–Crippen MR) is 84.2 cm³/mol. The molecule has 2 N–H and O–H groups in total. The highest BCUT2D eigenvalue weighted by molar-refractivity contribution is 8.16. The van der Waals surface area contributed by atoms with E-state index in [1.165, 1.54) is 9.94 Å². The predicted octanol–water partition coefficient (Wildman–Crippen LogP) is 4.07. The van der Waals surface area contributed by atoms with Gasteiger partial charge in [0.2, 0.25) is 0 Å². The molecule has 0 saturated heterocycles. The van der Waals surface area contributed by atoms with Gasteiger partial charge in [-0.25, -0.2) is 4.99 Å². The maximum Gasteiger partial charge on any atom is 0.0873 e. The van der Waals surface area contributed by atoms with Crippen LogP contribution in [0.1, 0.15) is 27.2 Å². The monoisotopic (exact) mass is 280 g/mol. The van der Waals surface area contributed by atoms with Gasteiger partial charge in [-0.2, -0.15) is 0 Å². The first-order chi connectivity index (χ1) is 8.49. The van der Waals surface area contributed by atoms with Crippen molar-refractivity contribution >= 4 is 34.3 Å². The highest BCUT2D eigenvalue weighted by Crippen LogP contribution is 2.41. The lowest BCUT2D eigenvalue weighted by atomic mass is 10.1. The highest BCUT2D eigenvalue weighted by atomic mass is 32.2. The van der Waals surface area contributed by atoms with Gasteiger partial charge in [-0.05, 0) is 32.4 Å². The summed E-state index contributed by atoms with van der Waals surface area (Å²) in [5.74, 6) is 0.908. The molecule has 1 atom stereocenters. The number of fused-ring (bicyclic) bond motifs is 1. The van der Waals surface area contributed by atoms with Crippen LogP contribution in [0, 0.1) is 0 Å². The molecule has 0 bridgehead atoms. The fourth-order valence-corrected chi connectivity index (χ4v) is 4.09. The summed E-state index contributed by atoms with van der Waals surface area (Å²) in [6.07, 6.45) is 1.11. The smallest absolute Gasteiger partial charge is 0.0873 e. The van der Waals surface area contributed by atoms with Gasteiger partial charge in [-0.3, -0.25) is 0 Å². The lowest BCUT2D eigenvalue weighted by Gasteiger charge is -2.25. The molecule has 0 amide bonds. The molecule has 1 unspecified atom stereocenters. The Morgan fingerprint density at radius 1 is 1.39 bits per heavy atom. The Labute approximate surface area is 118 Å². The van der Waals surface area contributed by atoms with E-state index in [0.29, 0.717) is 5.25 Å². The molecule has 0 radical (unpaired) electrons. The first kappa shape index (κ1) is 14.0. The van der Waals surface area contributed by atoms with Crippen LogP contribution >= 0.6 is 23.5 Å². The van der Waals surface area contributed by atoms with Crippen molar-refractivity contribution in [3.8, 4) is 0 Å². The zero-order chi connectivity index (χ0) is 13.2. The maximum atomic E-state index is 6.05. The van der Waals surface area contributed by atoms with E-state index in [2.05, 4.69) is 39.0 Å². The summed E-state index contributed by atoms with van der Waals surface area (Å²) < 4.78 is 0. The number of hydrogen-bond donors (Lipinski definition) is 1. The fourth-order valence-electron chi connectivity index (χ4n) is 1.69. The highest BCUT2D eigenvalue weighted by Gasteiger charge is 2.24. The minimum atomic E-state index is -0.146. The molecule has 4 heteroatoms. The van der Waals surface area contributed by atoms with Crippen molar-refractivity contribution in [2.45, 2.75) is 42.9 Å². The van der Waals surface area contributed by atoms with Gasteiger partial charge >= 0.3 is 0 Å². The van der Waals surface area contributed by atoms with Gasteiger partial charge in [0.05, 0.1) is 16.0 Å².